The van der Waals surface area contributed by atoms with Crippen molar-refractivity contribution in [2.45, 2.75) is 33.2 Å². The van der Waals surface area contributed by atoms with E-state index in [4.69, 9.17) is 9.47 Å². The van der Waals surface area contributed by atoms with Crippen LogP contribution in [0.1, 0.15) is 32.3 Å². The predicted octanol–water partition coefficient (Wildman–Crippen LogP) is 3.19. The Hall–Kier alpha value is -1.02. The van der Waals surface area contributed by atoms with Crippen LogP contribution in [0.2, 0.25) is 0 Å². The van der Waals surface area contributed by atoms with Crippen molar-refractivity contribution in [3.63, 3.8) is 0 Å². The number of halogens is 1. The van der Waals surface area contributed by atoms with Gasteiger partial charge in [-0.05, 0) is 31.0 Å². The summed E-state index contributed by atoms with van der Waals surface area (Å²) in [4.78, 5) is 4.58. The van der Waals surface area contributed by atoms with Crippen LogP contribution < -0.4 is 15.4 Å². The number of hydrogen-bond donors (Lipinski definition) is 2. The van der Waals surface area contributed by atoms with Crippen LogP contribution in [0.15, 0.2) is 29.3 Å². The molecule has 132 valence electrons. The molecule has 0 atom stereocenters. The first kappa shape index (κ1) is 22.0. The average molecular weight is 435 g/mol. The highest BCUT2D eigenvalue weighted by molar-refractivity contribution is 14.0. The monoisotopic (exact) mass is 435 g/mol. The quantitative estimate of drug-likeness (QED) is 0.257. The summed E-state index contributed by atoms with van der Waals surface area (Å²) in [6, 6.07) is 8.12. The number of nitrogens with zero attached hydrogens (tertiary/aromatic N) is 1. The van der Waals surface area contributed by atoms with E-state index in [1.807, 2.05) is 12.1 Å². The Bertz CT molecular complexity index is 442. The second kappa shape index (κ2) is 14.6. The fourth-order valence-electron chi connectivity index (χ4n) is 1.85. The lowest BCUT2D eigenvalue weighted by molar-refractivity contribution is 0.203. The standard InChI is InChI=1S/C17H29N3O2.HI/c1-4-6-11-22-16-9-7-8-15(13-16)14-20-17(18-5-2)19-10-12-21-3;/h7-9,13H,4-6,10-12,14H2,1-3H3,(H2,18,19,20);1H. The summed E-state index contributed by atoms with van der Waals surface area (Å²) in [6.45, 7) is 7.83. The predicted molar refractivity (Wildman–Crippen MR) is 107 cm³/mol. The fourth-order valence-corrected chi connectivity index (χ4v) is 1.85. The van der Waals surface area contributed by atoms with Gasteiger partial charge in [0.15, 0.2) is 5.96 Å². The van der Waals surface area contributed by atoms with Gasteiger partial charge in [0.25, 0.3) is 0 Å². The molecule has 0 spiro atoms. The Balaban J connectivity index is 0.00000484. The number of unbranched alkanes of at least 4 members (excludes halogenated alkanes) is 1. The van der Waals surface area contributed by atoms with Gasteiger partial charge in [0.1, 0.15) is 5.75 Å². The second-order valence-corrected chi connectivity index (χ2v) is 4.96. The van der Waals surface area contributed by atoms with Crippen molar-refractivity contribution in [3.8, 4) is 5.75 Å². The van der Waals surface area contributed by atoms with Crippen LogP contribution in [0.5, 0.6) is 5.75 Å². The molecule has 0 bridgehead atoms. The van der Waals surface area contributed by atoms with Gasteiger partial charge < -0.3 is 20.1 Å². The zero-order chi connectivity index (χ0) is 16.0. The van der Waals surface area contributed by atoms with E-state index in [-0.39, 0.29) is 24.0 Å². The number of rotatable bonds is 10. The molecule has 0 aliphatic heterocycles. The van der Waals surface area contributed by atoms with Crippen molar-refractivity contribution >= 4 is 29.9 Å². The number of methoxy groups -OCH3 is 1. The molecule has 23 heavy (non-hydrogen) atoms. The van der Waals surface area contributed by atoms with Gasteiger partial charge in [-0.1, -0.05) is 25.5 Å². The summed E-state index contributed by atoms with van der Waals surface area (Å²) in [5, 5.41) is 6.45. The Morgan fingerprint density at radius 2 is 2.00 bits per heavy atom. The Kier molecular flexibility index (Phi) is 13.9. The molecular formula is C17H30IN3O2. The van der Waals surface area contributed by atoms with Crippen LogP contribution in [0.25, 0.3) is 0 Å². The zero-order valence-corrected chi connectivity index (χ0v) is 16.8. The molecule has 1 rings (SSSR count). The molecule has 0 aromatic heterocycles. The van der Waals surface area contributed by atoms with Crippen molar-refractivity contribution in [1.29, 1.82) is 0 Å². The van der Waals surface area contributed by atoms with Gasteiger partial charge in [0, 0.05) is 20.2 Å². The number of hydrogen-bond acceptors (Lipinski definition) is 3. The molecule has 0 aliphatic rings. The van der Waals surface area contributed by atoms with E-state index >= 15 is 0 Å². The first-order valence-electron chi connectivity index (χ1n) is 8.03. The van der Waals surface area contributed by atoms with E-state index in [1.54, 1.807) is 7.11 Å². The van der Waals surface area contributed by atoms with Crippen LogP contribution >= 0.6 is 24.0 Å². The summed E-state index contributed by atoms with van der Waals surface area (Å²) < 4.78 is 10.8. The first-order chi connectivity index (χ1) is 10.8. The van der Waals surface area contributed by atoms with E-state index in [9.17, 15) is 0 Å². The smallest absolute Gasteiger partial charge is 0.191 e. The van der Waals surface area contributed by atoms with Crippen LogP contribution in [0.3, 0.4) is 0 Å². The Morgan fingerprint density at radius 3 is 2.70 bits per heavy atom. The lowest BCUT2D eigenvalue weighted by atomic mass is 10.2. The van der Waals surface area contributed by atoms with Crippen molar-refractivity contribution in [2.75, 3.05) is 33.4 Å². The summed E-state index contributed by atoms with van der Waals surface area (Å²) in [6.07, 6.45) is 2.22. The van der Waals surface area contributed by atoms with Crippen LogP contribution in [0, 0.1) is 0 Å². The van der Waals surface area contributed by atoms with Crippen molar-refractivity contribution in [1.82, 2.24) is 10.6 Å². The van der Waals surface area contributed by atoms with Crippen LogP contribution in [-0.4, -0.2) is 39.4 Å². The third kappa shape index (κ3) is 10.4. The van der Waals surface area contributed by atoms with Gasteiger partial charge in [-0.3, -0.25) is 0 Å². The second-order valence-electron chi connectivity index (χ2n) is 4.96. The molecule has 2 N–H and O–H groups in total. The average Bonchev–Trinajstić information content (AvgIpc) is 2.53. The van der Waals surface area contributed by atoms with E-state index in [0.717, 1.165) is 49.8 Å². The number of benzene rings is 1. The normalized spacial score (nSPS) is 10.8. The summed E-state index contributed by atoms with van der Waals surface area (Å²) in [7, 11) is 1.69. The number of guanidine groups is 1. The minimum Gasteiger partial charge on any atom is -0.494 e. The molecule has 0 fully saturated rings. The first-order valence-corrected chi connectivity index (χ1v) is 8.03. The number of aliphatic imine (C=N–C) groups is 1. The fraction of sp³-hybridized carbons (Fsp3) is 0.588. The van der Waals surface area contributed by atoms with E-state index < -0.39 is 0 Å². The largest absolute Gasteiger partial charge is 0.494 e. The van der Waals surface area contributed by atoms with Gasteiger partial charge >= 0.3 is 0 Å². The molecule has 1 aromatic rings. The van der Waals surface area contributed by atoms with Crippen molar-refractivity contribution in [3.05, 3.63) is 29.8 Å². The Labute approximate surface area is 157 Å². The van der Waals surface area contributed by atoms with Crippen LogP contribution in [-0.2, 0) is 11.3 Å². The maximum atomic E-state index is 5.72. The maximum absolute atomic E-state index is 5.72. The van der Waals surface area contributed by atoms with Gasteiger partial charge in [-0.15, -0.1) is 24.0 Å². The summed E-state index contributed by atoms with van der Waals surface area (Å²) in [5.41, 5.74) is 1.14. The SMILES string of the molecule is CCCCOc1cccc(CN=C(NCC)NCCOC)c1.I. The maximum Gasteiger partial charge on any atom is 0.191 e. The van der Waals surface area contributed by atoms with Crippen molar-refractivity contribution < 1.29 is 9.47 Å². The third-order valence-corrected chi connectivity index (χ3v) is 3.03. The zero-order valence-electron chi connectivity index (χ0n) is 14.4. The molecule has 5 nitrogen and oxygen atoms in total. The highest BCUT2D eigenvalue weighted by atomic mass is 127. The number of nitrogens with one attached hydrogen (secondary N) is 2. The van der Waals surface area contributed by atoms with Gasteiger partial charge in [-0.2, -0.15) is 0 Å². The summed E-state index contributed by atoms with van der Waals surface area (Å²) in [5.74, 6) is 1.72. The molecule has 0 saturated carbocycles. The van der Waals surface area contributed by atoms with Gasteiger partial charge in [0.2, 0.25) is 0 Å². The van der Waals surface area contributed by atoms with E-state index in [2.05, 4.69) is 41.6 Å². The summed E-state index contributed by atoms with van der Waals surface area (Å²) >= 11 is 0. The van der Waals surface area contributed by atoms with Gasteiger partial charge in [0.05, 0.1) is 19.8 Å². The molecule has 6 heteroatoms. The molecular weight excluding hydrogens is 405 g/mol. The minimum atomic E-state index is 0. The van der Waals surface area contributed by atoms with E-state index in [0.29, 0.717) is 13.2 Å². The molecule has 0 heterocycles. The third-order valence-electron chi connectivity index (χ3n) is 3.03. The van der Waals surface area contributed by atoms with Crippen LogP contribution in [0.4, 0.5) is 0 Å². The highest BCUT2D eigenvalue weighted by Crippen LogP contribution is 2.14. The lowest BCUT2D eigenvalue weighted by Crippen LogP contribution is -2.38. The van der Waals surface area contributed by atoms with E-state index in [1.165, 1.54) is 0 Å². The minimum absolute atomic E-state index is 0. The number of ether oxygens (including phenoxy) is 2. The lowest BCUT2D eigenvalue weighted by Gasteiger charge is -2.11. The molecule has 0 unspecified atom stereocenters. The molecule has 0 amide bonds. The van der Waals surface area contributed by atoms with Crippen molar-refractivity contribution in [2.24, 2.45) is 4.99 Å². The van der Waals surface area contributed by atoms with Gasteiger partial charge in [-0.25, -0.2) is 4.99 Å². The Morgan fingerprint density at radius 1 is 1.17 bits per heavy atom. The topological polar surface area (TPSA) is 54.9 Å². The molecule has 1 aromatic carbocycles. The molecule has 0 aliphatic carbocycles. The highest BCUT2D eigenvalue weighted by Gasteiger charge is 1.99. The molecule has 0 saturated heterocycles. The molecule has 0 radical (unpaired) electrons.